The summed E-state index contributed by atoms with van der Waals surface area (Å²) < 4.78 is 11.9. The zero-order valence-electron chi connectivity index (χ0n) is 20.0. The van der Waals surface area contributed by atoms with Crippen LogP contribution in [0.4, 0.5) is 5.69 Å². The van der Waals surface area contributed by atoms with Crippen LogP contribution in [0.1, 0.15) is 65.7 Å². The molecule has 4 nitrogen and oxygen atoms in total. The first-order valence-electron chi connectivity index (χ1n) is 12.0. The maximum atomic E-state index is 6.85. The van der Waals surface area contributed by atoms with E-state index in [1.165, 1.54) is 5.56 Å². The van der Waals surface area contributed by atoms with Crippen molar-refractivity contribution in [2.24, 2.45) is 0 Å². The van der Waals surface area contributed by atoms with Crippen LogP contribution in [0.25, 0.3) is 0 Å². The number of furan rings is 1. The lowest BCUT2D eigenvalue weighted by Crippen LogP contribution is -2.37. The fourth-order valence-electron chi connectivity index (χ4n) is 4.86. The number of aryl methyl sites for hydroxylation is 2. The molecule has 0 aliphatic carbocycles. The second-order valence-corrected chi connectivity index (χ2v) is 8.75. The molecule has 0 bridgehead atoms. The number of fused-ring (bicyclic) bond motifs is 1. The molecule has 174 valence electrons. The highest BCUT2D eigenvalue weighted by Crippen LogP contribution is 2.49. The predicted molar refractivity (Wildman–Crippen MR) is 135 cm³/mol. The first-order valence-corrected chi connectivity index (χ1v) is 12.0. The quantitative estimate of drug-likeness (QED) is 0.289. The van der Waals surface area contributed by atoms with E-state index in [0.29, 0.717) is 0 Å². The highest BCUT2D eigenvalue weighted by Gasteiger charge is 2.41. The van der Waals surface area contributed by atoms with Gasteiger partial charge < -0.3 is 9.15 Å². The molecule has 0 unspecified atom stereocenters. The summed E-state index contributed by atoms with van der Waals surface area (Å²) in [7, 11) is 1.69. The first kappa shape index (κ1) is 22.3. The number of ether oxygens (including phenoxy) is 1. The maximum absolute atomic E-state index is 6.85. The molecule has 4 heteroatoms. The molecule has 2 atom stereocenters. The van der Waals surface area contributed by atoms with E-state index in [9.17, 15) is 0 Å². The zero-order chi connectivity index (χ0) is 23.5. The number of rotatable bonds is 7. The molecule has 3 aromatic carbocycles. The van der Waals surface area contributed by atoms with Crippen LogP contribution < -0.4 is 9.80 Å². The van der Waals surface area contributed by atoms with Crippen LogP contribution in [-0.2, 0) is 11.3 Å². The number of nitrogens with zero attached hydrogens (tertiary/aromatic N) is 1. The molecule has 0 radical (unpaired) electrons. The van der Waals surface area contributed by atoms with E-state index in [1.807, 2.05) is 24.3 Å². The van der Waals surface area contributed by atoms with E-state index in [4.69, 9.17) is 14.0 Å². The average Bonchev–Trinajstić information content (AvgIpc) is 3.23. The summed E-state index contributed by atoms with van der Waals surface area (Å²) in [5, 5.41) is 2.06. The van der Waals surface area contributed by atoms with Gasteiger partial charge in [-0.05, 0) is 48.7 Å². The predicted octanol–water partition coefficient (Wildman–Crippen LogP) is 7.57. The number of hydroxylamine groups is 1. The summed E-state index contributed by atoms with van der Waals surface area (Å²) in [6, 6.07) is 28.9. The summed E-state index contributed by atoms with van der Waals surface area (Å²) in [5.74, 6) is 2.82. The highest BCUT2D eigenvalue weighted by molar-refractivity contribution is 5.57. The summed E-state index contributed by atoms with van der Waals surface area (Å²) in [6.45, 7) is 4.28. The van der Waals surface area contributed by atoms with E-state index >= 15 is 0 Å². The van der Waals surface area contributed by atoms with Gasteiger partial charge in [-0.25, -0.2) is 5.06 Å². The van der Waals surface area contributed by atoms with Crippen LogP contribution in [0.3, 0.4) is 0 Å². The SMILES string of the molecule is CCCCc1oc(C)c2c1[C@@H](c1ccc(OC)cc1)N(c1ccccc1)O[C@H]2c1ccccc1. The summed E-state index contributed by atoms with van der Waals surface area (Å²) in [4.78, 5) is 6.85. The van der Waals surface area contributed by atoms with Gasteiger partial charge in [0.1, 0.15) is 29.4 Å². The van der Waals surface area contributed by atoms with Gasteiger partial charge in [-0.3, -0.25) is 4.84 Å². The van der Waals surface area contributed by atoms with E-state index in [2.05, 4.69) is 79.6 Å². The van der Waals surface area contributed by atoms with Crippen molar-refractivity contribution in [1.82, 2.24) is 0 Å². The Morgan fingerprint density at radius 1 is 0.824 bits per heavy atom. The first-order chi connectivity index (χ1) is 16.7. The third-order valence-electron chi connectivity index (χ3n) is 6.54. The molecule has 34 heavy (non-hydrogen) atoms. The van der Waals surface area contributed by atoms with Crippen LogP contribution in [-0.4, -0.2) is 7.11 Å². The second-order valence-electron chi connectivity index (χ2n) is 8.75. The molecule has 4 aromatic rings. The number of benzene rings is 3. The molecule has 0 fully saturated rings. The molecule has 1 aliphatic rings. The number of methoxy groups -OCH3 is 1. The Labute approximate surface area is 201 Å². The van der Waals surface area contributed by atoms with Gasteiger partial charge >= 0.3 is 0 Å². The highest BCUT2D eigenvalue weighted by atomic mass is 16.7. The van der Waals surface area contributed by atoms with Crippen molar-refractivity contribution >= 4 is 5.69 Å². The summed E-state index contributed by atoms with van der Waals surface area (Å²) >= 11 is 0. The largest absolute Gasteiger partial charge is 0.497 e. The number of hydrogen-bond donors (Lipinski definition) is 0. The van der Waals surface area contributed by atoms with Gasteiger partial charge in [0.2, 0.25) is 0 Å². The normalized spacial score (nSPS) is 17.4. The standard InChI is InChI=1S/C30H31NO3/c1-4-5-16-26-28-27(21(2)33-26)30(23-12-8-6-9-13-23)34-31(24-14-10-7-11-15-24)29(28)22-17-19-25(32-3)20-18-22/h6-15,17-20,29-30H,4-5,16H2,1-3H3/t29-,30+/m1/s1. The molecular weight excluding hydrogens is 422 g/mol. The molecule has 0 saturated carbocycles. The van der Waals surface area contributed by atoms with Gasteiger partial charge in [0.25, 0.3) is 0 Å². The van der Waals surface area contributed by atoms with Crippen molar-refractivity contribution < 1.29 is 14.0 Å². The second kappa shape index (κ2) is 9.78. The lowest BCUT2D eigenvalue weighted by molar-refractivity contribution is 0.0304. The molecule has 0 amide bonds. The molecule has 2 heterocycles. The van der Waals surface area contributed by atoms with Crippen molar-refractivity contribution in [3.05, 3.63) is 119 Å². The minimum Gasteiger partial charge on any atom is -0.497 e. The van der Waals surface area contributed by atoms with Crippen LogP contribution >= 0.6 is 0 Å². The van der Waals surface area contributed by atoms with Crippen LogP contribution in [0, 0.1) is 6.92 Å². The summed E-state index contributed by atoms with van der Waals surface area (Å²) in [5.41, 5.74) is 5.63. The molecule has 5 rings (SSSR count). The fraction of sp³-hybridized carbons (Fsp3) is 0.267. The smallest absolute Gasteiger partial charge is 0.139 e. The van der Waals surface area contributed by atoms with Crippen LogP contribution in [0.5, 0.6) is 5.75 Å². The van der Waals surface area contributed by atoms with Gasteiger partial charge in [0, 0.05) is 17.5 Å². The Hall–Kier alpha value is -3.50. The molecule has 0 spiro atoms. The lowest BCUT2D eigenvalue weighted by atomic mass is 9.87. The number of anilines is 1. The number of hydrogen-bond acceptors (Lipinski definition) is 4. The van der Waals surface area contributed by atoms with Crippen molar-refractivity contribution in [2.75, 3.05) is 12.2 Å². The van der Waals surface area contributed by atoms with Crippen LogP contribution in [0.2, 0.25) is 0 Å². The van der Waals surface area contributed by atoms with Gasteiger partial charge in [-0.1, -0.05) is 74.0 Å². The van der Waals surface area contributed by atoms with E-state index < -0.39 is 0 Å². The van der Waals surface area contributed by atoms with Gasteiger partial charge in [-0.15, -0.1) is 0 Å². The lowest BCUT2D eigenvalue weighted by Gasteiger charge is -2.41. The fourth-order valence-corrected chi connectivity index (χ4v) is 4.86. The molecule has 1 aliphatic heterocycles. The Morgan fingerprint density at radius 3 is 2.15 bits per heavy atom. The monoisotopic (exact) mass is 453 g/mol. The minimum absolute atomic E-state index is 0.132. The van der Waals surface area contributed by atoms with Crippen molar-refractivity contribution in [3.63, 3.8) is 0 Å². The van der Waals surface area contributed by atoms with E-state index in [0.717, 1.165) is 58.9 Å². The topological polar surface area (TPSA) is 34.8 Å². The third-order valence-corrected chi connectivity index (χ3v) is 6.54. The van der Waals surface area contributed by atoms with Crippen molar-refractivity contribution in [1.29, 1.82) is 0 Å². The van der Waals surface area contributed by atoms with Gasteiger partial charge in [0.05, 0.1) is 12.8 Å². The molecule has 0 N–H and O–H groups in total. The molecular formula is C30H31NO3. The molecule has 0 saturated heterocycles. The molecule has 1 aromatic heterocycles. The number of para-hydroxylation sites is 1. The van der Waals surface area contributed by atoms with E-state index in [-0.39, 0.29) is 12.1 Å². The van der Waals surface area contributed by atoms with Gasteiger partial charge in [0.15, 0.2) is 0 Å². The Bertz CT molecular complexity index is 1220. The van der Waals surface area contributed by atoms with Gasteiger partial charge in [-0.2, -0.15) is 0 Å². The minimum atomic E-state index is -0.245. The van der Waals surface area contributed by atoms with Crippen LogP contribution in [0.15, 0.2) is 89.3 Å². The van der Waals surface area contributed by atoms with Crippen molar-refractivity contribution in [2.45, 2.75) is 45.3 Å². The van der Waals surface area contributed by atoms with Crippen molar-refractivity contribution in [3.8, 4) is 5.75 Å². The Kier molecular flexibility index (Phi) is 6.41. The summed E-state index contributed by atoms with van der Waals surface area (Å²) in [6.07, 6.45) is 2.85. The Balaban J connectivity index is 1.74. The average molecular weight is 454 g/mol. The maximum Gasteiger partial charge on any atom is 0.139 e. The zero-order valence-corrected chi connectivity index (χ0v) is 20.0. The number of unbranched alkanes of at least 4 members (excludes halogenated alkanes) is 1. The third kappa shape index (κ3) is 4.10. The van der Waals surface area contributed by atoms with E-state index in [1.54, 1.807) is 7.11 Å². The Morgan fingerprint density at radius 2 is 1.50 bits per heavy atom.